The summed E-state index contributed by atoms with van der Waals surface area (Å²) in [5, 5.41) is 4.00. The minimum atomic E-state index is 0.000567. The van der Waals surface area contributed by atoms with Gasteiger partial charge in [-0.1, -0.05) is 32.8 Å². The number of pyridine rings is 1. The van der Waals surface area contributed by atoms with Crippen LogP contribution in [0.4, 0.5) is 0 Å². The van der Waals surface area contributed by atoms with Crippen molar-refractivity contribution in [2.45, 2.75) is 44.2 Å². The van der Waals surface area contributed by atoms with Gasteiger partial charge in [0.15, 0.2) is 0 Å². The Balaban J connectivity index is 2.07. The zero-order chi connectivity index (χ0) is 15.2. The van der Waals surface area contributed by atoms with Crippen LogP contribution in [0.5, 0.6) is 0 Å². The van der Waals surface area contributed by atoms with E-state index in [0.29, 0.717) is 17.4 Å². The molecule has 0 radical (unpaired) electrons. The summed E-state index contributed by atoms with van der Waals surface area (Å²) in [6.07, 6.45) is 7.09. The van der Waals surface area contributed by atoms with Gasteiger partial charge in [-0.15, -0.1) is 18.3 Å². The van der Waals surface area contributed by atoms with Crippen molar-refractivity contribution in [3.8, 4) is 0 Å². The second kappa shape index (κ2) is 7.64. The van der Waals surface area contributed by atoms with Gasteiger partial charge in [0.2, 0.25) is 0 Å². The molecular formula is C17H24N2OS. The van der Waals surface area contributed by atoms with E-state index in [9.17, 15) is 4.79 Å². The van der Waals surface area contributed by atoms with E-state index < -0.39 is 0 Å². The fourth-order valence-corrected chi connectivity index (χ4v) is 3.58. The average molecular weight is 304 g/mol. The van der Waals surface area contributed by atoms with E-state index in [1.165, 1.54) is 12.8 Å². The molecule has 1 aromatic heterocycles. The number of amides is 1. The summed E-state index contributed by atoms with van der Waals surface area (Å²) in [6, 6.07) is 3.95. The molecule has 1 aromatic rings. The molecule has 0 spiro atoms. The highest BCUT2D eigenvalue weighted by molar-refractivity contribution is 7.99. The van der Waals surface area contributed by atoms with Crippen molar-refractivity contribution in [2.75, 3.05) is 5.75 Å². The zero-order valence-electron chi connectivity index (χ0n) is 12.8. The monoisotopic (exact) mass is 304 g/mol. The van der Waals surface area contributed by atoms with Gasteiger partial charge < -0.3 is 5.32 Å². The molecule has 3 nitrogen and oxygen atoms in total. The minimum absolute atomic E-state index is 0.000567. The SMILES string of the molecule is C=CCSc1ncccc1C(=O)NC1CCCC(C)C1C. The highest BCUT2D eigenvalue weighted by Crippen LogP contribution is 2.30. The van der Waals surface area contributed by atoms with Crippen LogP contribution < -0.4 is 5.32 Å². The number of carbonyl (C=O) groups excluding carboxylic acids is 1. The van der Waals surface area contributed by atoms with Crippen molar-refractivity contribution in [3.63, 3.8) is 0 Å². The Labute approximate surface area is 131 Å². The van der Waals surface area contributed by atoms with Gasteiger partial charge in [-0.2, -0.15) is 0 Å². The smallest absolute Gasteiger partial charge is 0.254 e. The molecule has 1 amide bonds. The van der Waals surface area contributed by atoms with E-state index >= 15 is 0 Å². The van der Waals surface area contributed by atoms with Crippen molar-refractivity contribution in [3.05, 3.63) is 36.5 Å². The molecule has 1 N–H and O–H groups in total. The summed E-state index contributed by atoms with van der Waals surface area (Å²) >= 11 is 1.55. The molecule has 21 heavy (non-hydrogen) atoms. The molecule has 1 heterocycles. The molecule has 0 bridgehead atoms. The Morgan fingerprint density at radius 1 is 1.52 bits per heavy atom. The van der Waals surface area contributed by atoms with Gasteiger partial charge in [0, 0.05) is 18.0 Å². The van der Waals surface area contributed by atoms with Crippen LogP contribution in [0.3, 0.4) is 0 Å². The lowest BCUT2D eigenvalue weighted by Gasteiger charge is -2.34. The van der Waals surface area contributed by atoms with Gasteiger partial charge in [-0.05, 0) is 30.4 Å². The van der Waals surface area contributed by atoms with Crippen molar-refractivity contribution >= 4 is 17.7 Å². The Kier molecular flexibility index (Phi) is 5.85. The average Bonchev–Trinajstić information content (AvgIpc) is 2.50. The van der Waals surface area contributed by atoms with E-state index in [1.807, 2.05) is 18.2 Å². The Bertz CT molecular complexity index is 503. The van der Waals surface area contributed by atoms with Crippen LogP contribution in [0.15, 0.2) is 36.0 Å². The number of carbonyl (C=O) groups is 1. The first-order valence-corrected chi connectivity index (χ1v) is 8.61. The van der Waals surface area contributed by atoms with Crippen LogP contribution in [0.2, 0.25) is 0 Å². The van der Waals surface area contributed by atoms with Gasteiger partial charge in [0.05, 0.1) is 5.56 Å². The minimum Gasteiger partial charge on any atom is -0.349 e. The highest BCUT2D eigenvalue weighted by Gasteiger charge is 2.28. The van der Waals surface area contributed by atoms with Gasteiger partial charge in [-0.3, -0.25) is 4.79 Å². The van der Waals surface area contributed by atoms with Crippen molar-refractivity contribution in [2.24, 2.45) is 11.8 Å². The number of rotatable bonds is 5. The first-order chi connectivity index (χ1) is 10.1. The summed E-state index contributed by atoms with van der Waals surface area (Å²) in [5.41, 5.74) is 0.676. The van der Waals surface area contributed by atoms with E-state index in [1.54, 1.807) is 18.0 Å². The van der Waals surface area contributed by atoms with Crippen LogP contribution in [-0.2, 0) is 0 Å². The maximum absolute atomic E-state index is 12.6. The standard InChI is InChI=1S/C17H24N2OS/c1-4-11-21-17-14(8-6-10-18-17)16(20)19-15-9-5-7-12(2)13(15)3/h4,6,8,10,12-13,15H,1,5,7,9,11H2,2-3H3,(H,19,20). The third-order valence-corrected chi connectivity index (χ3v) is 5.38. The van der Waals surface area contributed by atoms with Crippen LogP contribution >= 0.6 is 11.8 Å². The molecule has 2 rings (SSSR count). The summed E-state index contributed by atoms with van der Waals surface area (Å²) < 4.78 is 0. The molecule has 1 saturated carbocycles. The molecule has 4 heteroatoms. The van der Waals surface area contributed by atoms with Crippen LogP contribution in [-0.4, -0.2) is 22.7 Å². The summed E-state index contributed by atoms with van der Waals surface area (Å²) in [5.74, 6) is 1.96. The molecule has 3 unspecified atom stereocenters. The van der Waals surface area contributed by atoms with Crippen molar-refractivity contribution in [1.82, 2.24) is 10.3 Å². The van der Waals surface area contributed by atoms with Gasteiger partial charge in [0.1, 0.15) is 5.03 Å². The maximum Gasteiger partial charge on any atom is 0.254 e. The fourth-order valence-electron chi connectivity index (χ4n) is 2.85. The molecular weight excluding hydrogens is 280 g/mol. The van der Waals surface area contributed by atoms with Gasteiger partial charge >= 0.3 is 0 Å². The molecule has 0 saturated heterocycles. The van der Waals surface area contributed by atoms with E-state index in [2.05, 4.69) is 30.7 Å². The van der Waals surface area contributed by atoms with E-state index in [-0.39, 0.29) is 11.9 Å². The molecule has 3 atom stereocenters. The third kappa shape index (κ3) is 4.10. The molecule has 0 aliphatic heterocycles. The number of thioether (sulfide) groups is 1. The normalized spacial score (nSPS) is 25.3. The number of nitrogens with one attached hydrogen (secondary N) is 1. The fraction of sp³-hybridized carbons (Fsp3) is 0.529. The number of hydrogen-bond acceptors (Lipinski definition) is 3. The maximum atomic E-state index is 12.6. The molecule has 114 valence electrons. The van der Waals surface area contributed by atoms with E-state index in [0.717, 1.165) is 17.2 Å². The zero-order valence-corrected chi connectivity index (χ0v) is 13.7. The predicted molar refractivity (Wildman–Crippen MR) is 88.6 cm³/mol. The molecule has 1 fully saturated rings. The van der Waals surface area contributed by atoms with Crippen LogP contribution in [0.25, 0.3) is 0 Å². The Morgan fingerprint density at radius 2 is 2.33 bits per heavy atom. The predicted octanol–water partition coefficient (Wildman–Crippen LogP) is 3.91. The van der Waals surface area contributed by atoms with Crippen LogP contribution in [0.1, 0.15) is 43.5 Å². The highest BCUT2D eigenvalue weighted by atomic mass is 32.2. The van der Waals surface area contributed by atoms with Crippen molar-refractivity contribution < 1.29 is 4.79 Å². The third-order valence-electron chi connectivity index (χ3n) is 4.38. The quantitative estimate of drug-likeness (QED) is 0.662. The lowest BCUT2D eigenvalue weighted by atomic mass is 9.78. The number of nitrogens with zero attached hydrogens (tertiary/aromatic N) is 1. The second-order valence-electron chi connectivity index (χ2n) is 5.80. The molecule has 1 aliphatic carbocycles. The lowest BCUT2D eigenvalue weighted by Crippen LogP contribution is -2.43. The largest absolute Gasteiger partial charge is 0.349 e. The summed E-state index contributed by atoms with van der Waals surface area (Å²) in [7, 11) is 0. The van der Waals surface area contributed by atoms with Gasteiger partial charge in [0.25, 0.3) is 5.91 Å². The molecule has 0 aromatic carbocycles. The first kappa shape index (κ1) is 16.1. The summed E-state index contributed by atoms with van der Waals surface area (Å²) in [4.78, 5) is 16.9. The topological polar surface area (TPSA) is 42.0 Å². The second-order valence-corrected chi connectivity index (χ2v) is 6.81. The Morgan fingerprint density at radius 3 is 3.10 bits per heavy atom. The molecule has 1 aliphatic rings. The first-order valence-electron chi connectivity index (χ1n) is 7.63. The number of hydrogen-bond donors (Lipinski definition) is 1. The van der Waals surface area contributed by atoms with Crippen molar-refractivity contribution in [1.29, 1.82) is 0 Å². The van der Waals surface area contributed by atoms with Gasteiger partial charge in [-0.25, -0.2) is 4.98 Å². The Hall–Kier alpha value is -1.29. The van der Waals surface area contributed by atoms with Crippen LogP contribution in [0, 0.1) is 11.8 Å². The lowest BCUT2D eigenvalue weighted by molar-refractivity contribution is 0.0887. The van der Waals surface area contributed by atoms with E-state index in [4.69, 9.17) is 0 Å². The summed E-state index contributed by atoms with van der Waals surface area (Å²) in [6.45, 7) is 8.23. The number of aromatic nitrogens is 1.